The lowest BCUT2D eigenvalue weighted by Gasteiger charge is -2.34. The highest BCUT2D eigenvalue weighted by molar-refractivity contribution is 5.40. The van der Waals surface area contributed by atoms with Gasteiger partial charge < -0.3 is 10.6 Å². The van der Waals surface area contributed by atoms with Crippen molar-refractivity contribution < 1.29 is 13.2 Å². The zero-order valence-corrected chi connectivity index (χ0v) is 12.4. The summed E-state index contributed by atoms with van der Waals surface area (Å²) in [5.41, 5.74) is 7.58. The van der Waals surface area contributed by atoms with E-state index >= 15 is 0 Å². The van der Waals surface area contributed by atoms with E-state index < -0.39 is 12.1 Å². The number of alkyl halides is 3. The topological polar surface area (TPSA) is 29.3 Å². The molecule has 1 aromatic carbocycles. The van der Waals surface area contributed by atoms with E-state index in [1.807, 2.05) is 29.2 Å². The van der Waals surface area contributed by atoms with E-state index in [9.17, 15) is 13.2 Å². The number of anilines is 1. The van der Waals surface area contributed by atoms with Gasteiger partial charge in [-0.15, -0.1) is 0 Å². The summed E-state index contributed by atoms with van der Waals surface area (Å²) >= 11 is 0. The molecule has 0 spiro atoms. The third kappa shape index (κ3) is 4.63. The first-order chi connectivity index (χ1) is 9.86. The Morgan fingerprint density at radius 1 is 1.29 bits per heavy atom. The monoisotopic (exact) mass is 300 g/mol. The molecule has 0 amide bonds. The molecule has 2 rings (SSSR count). The minimum atomic E-state index is -4.05. The maximum Gasteiger partial charge on any atom is 0.393 e. The van der Waals surface area contributed by atoms with Crippen LogP contribution in [0.25, 0.3) is 0 Å². The Hall–Kier alpha value is -1.23. The number of hydrogen-bond acceptors (Lipinski definition) is 2. The summed E-state index contributed by atoms with van der Waals surface area (Å²) in [6.45, 7) is 3.76. The van der Waals surface area contributed by atoms with Crippen molar-refractivity contribution >= 4 is 5.69 Å². The Morgan fingerprint density at radius 2 is 1.95 bits per heavy atom. The second-order valence-corrected chi connectivity index (χ2v) is 6.04. The molecule has 0 aliphatic carbocycles. The SMILES string of the molecule is CC(CCN1CCCC(C(F)(F)F)C1)c1ccc(N)cc1. The maximum absolute atomic E-state index is 12.8. The van der Waals surface area contributed by atoms with E-state index in [1.54, 1.807) is 0 Å². The van der Waals surface area contributed by atoms with E-state index in [4.69, 9.17) is 5.73 Å². The summed E-state index contributed by atoms with van der Waals surface area (Å²) in [6, 6.07) is 7.72. The van der Waals surface area contributed by atoms with Gasteiger partial charge in [0.05, 0.1) is 5.92 Å². The molecule has 0 aromatic heterocycles. The number of benzene rings is 1. The van der Waals surface area contributed by atoms with E-state index in [0.29, 0.717) is 12.3 Å². The van der Waals surface area contributed by atoms with Crippen molar-refractivity contribution in [3.63, 3.8) is 0 Å². The van der Waals surface area contributed by atoms with Crippen molar-refractivity contribution in [1.82, 2.24) is 4.90 Å². The number of nitrogen functional groups attached to an aromatic ring is 1. The van der Waals surface area contributed by atoms with Gasteiger partial charge in [-0.1, -0.05) is 19.1 Å². The molecule has 2 N–H and O–H groups in total. The predicted molar refractivity (Wildman–Crippen MR) is 79.1 cm³/mol. The van der Waals surface area contributed by atoms with Crippen LogP contribution >= 0.6 is 0 Å². The number of hydrogen-bond donors (Lipinski definition) is 1. The molecule has 1 aliphatic heterocycles. The molecule has 1 saturated heterocycles. The minimum Gasteiger partial charge on any atom is -0.399 e. The van der Waals surface area contributed by atoms with Gasteiger partial charge in [0.2, 0.25) is 0 Å². The molecule has 0 saturated carbocycles. The molecule has 2 atom stereocenters. The Labute approximate surface area is 124 Å². The molecule has 2 unspecified atom stereocenters. The lowest BCUT2D eigenvalue weighted by molar-refractivity contribution is -0.186. The number of rotatable bonds is 4. The van der Waals surface area contributed by atoms with Crippen LogP contribution in [-0.4, -0.2) is 30.7 Å². The summed E-state index contributed by atoms with van der Waals surface area (Å²) < 4.78 is 38.3. The Kier molecular flexibility index (Phi) is 5.14. The van der Waals surface area contributed by atoms with Crippen LogP contribution in [0.1, 0.15) is 37.7 Å². The quantitative estimate of drug-likeness (QED) is 0.850. The summed E-state index contributed by atoms with van der Waals surface area (Å²) in [5.74, 6) is -0.824. The fourth-order valence-electron chi connectivity index (χ4n) is 2.89. The van der Waals surface area contributed by atoms with Crippen molar-refractivity contribution in [1.29, 1.82) is 0 Å². The molecule has 118 valence electrons. The lowest BCUT2D eigenvalue weighted by Crippen LogP contribution is -2.42. The highest BCUT2D eigenvalue weighted by Gasteiger charge is 2.41. The van der Waals surface area contributed by atoms with Gasteiger partial charge in [-0.25, -0.2) is 0 Å². The normalized spacial score (nSPS) is 22.2. The Balaban J connectivity index is 1.83. The number of nitrogens with zero attached hydrogens (tertiary/aromatic N) is 1. The van der Waals surface area contributed by atoms with Crippen molar-refractivity contribution in [2.75, 3.05) is 25.4 Å². The smallest absolute Gasteiger partial charge is 0.393 e. The minimum absolute atomic E-state index is 0.151. The Bertz CT molecular complexity index is 442. The van der Waals surface area contributed by atoms with Crippen LogP contribution in [0.5, 0.6) is 0 Å². The van der Waals surface area contributed by atoms with Gasteiger partial charge in [0.15, 0.2) is 0 Å². The molecule has 0 radical (unpaired) electrons. The molecule has 1 aromatic rings. The van der Waals surface area contributed by atoms with Crippen LogP contribution in [0, 0.1) is 5.92 Å². The molecule has 1 aliphatic rings. The van der Waals surface area contributed by atoms with E-state index in [-0.39, 0.29) is 13.0 Å². The molecule has 1 fully saturated rings. The van der Waals surface area contributed by atoms with Crippen LogP contribution in [-0.2, 0) is 0 Å². The van der Waals surface area contributed by atoms with Gasteiger partial charge in [0.1, 0.15) is 0 Å². The molecule has 21 heavy (non-hydrogen) atoms. The number of nitrogens with two attached hydrogens (primary N) is 1. The molecular weight excluding hydrogens is 277 g/mol. The highest BCUT2D eigenvalue weighted by atomic mass is 19.4. The summed E-state index contributed by atoms with van der Waals surface area (Å²) in [5, 5.41) is 0. The van der Waals surface area contributed by atoms with Crippen LogP contribution < -0.4 is 5.73 Å². The second-order valence-electron chi connectivity index (χ2n) is 6.04. The fourth-order valence-corrected chi connectivity index (χ4v) is 2.89. The van der Waals surface area contributed by atoms with Crippen molar-refractivity contribution in [3.8, 4) is 0 Å². The van der Waals surface area contributed by atoms with E-state index in [1.165, 1.54) is 5.56 Å². The van der Waals surface area contributed by atoms with Crippen molar-refractivity contribution in [2.45, 2.75) is 38.3 Å². The fraction of sp³-hybridized carbons (Fsp3) is 0.625. The maximum atomic E-state index is 12.8. The van der Waals surface area contributed by atoms with E-state index in [0.717, 1.165) is 25.2 Å². The van der Waals surface area contributed by atoms with Gasteiger partial charge in [0, 0.05) is 12.2 Å². The van der Waals surface area contributed by atoms with Gasteiger partial charge >= 0.3 is 6.18 Å². The van der Waals surface area contributed by atoms with Crippen LogP contribution in [0.4, 0.5) is 18.9 Å². The molecule has 0 bridgehead atoms. The van der Waals surface area contributed by atoms with Crippen molar-refractivity contribution in [2.24, 2.45) is 5.92 Å². The first kappa shape index (κ1) is 16.1. The third-order valence-corrected chi connectivity index (χ3v) is 4.35. The average Bonchev–Trinajstić information content (AvgIpc) is 2.45. The number of likely N-dealkylation sites (tertiary alicyclic amines) is 1. The largest absolute Gasteiger partial charge is 0.399 e. The Morgan fingerprint density at radius 3 is 2.57 bits per heavy atom. The van der Waals surface area contributed by atoms with Crippen molar-refractivity contribution in [3.05, 3.63) is 29.8 Å². The van der Waals surface area contributed by atoms with Gasteiger partial charge in [-0.3, -0.25) is 0 Å². The highest BCUT2D eigenvalue weighted by Crippen LogP contribution is 2.33. The average molecular weight is 300 g/mol. The third-order valence-electron chi connectivity index (χ3n) is 4.35. The summed E-state index contributed by atoms with van der Waals surface area (Å²) in [7, 11) is 0. The zero-order chi connectivity index (χ0) is 15.5. The lowest BCUT2D eigenvalue weighted by atomic mass is 9.94. The van der Waals surface area contributed by atoms with Gasteiger partial charge in [-0.2, -0.15) is 13.2 Å². The van der Waals surface area contributed by atoms with E-state index in [2.05, 4.69) is 6.92 Å². The van der Waals surface area contributed by atoms with Crippen LogP contribution in [0.3, 0.4) is 0 Å². The van der Waals surface area contributed by atoms with Crippen LogP contribution in [0.15, 0.2) is 24.3 Å². The number of halogens is 3. The van der Waals surface area contributed by atoms with Gasteiger partial charge in [-0.05, 0) is 56.0 Å². The first-order valence-electron chi connectivity index (χ1n) is 7.51. The standard InChI is InChI=1S/C16H23F3N2/c1-12(13-4-6-15(20)7-5-13)8-10-21-9-2-3-14(11-21)16(17,18)19/h4-7,12,14H,2-3,8-11,20H2,1H3. The molecule has 2 nitrogen and oxygen atoms in total. The molecule has 5 heteroatoms. The number of piperidine rings is 1. The zero-order valence-electron chi connectivity index (χ0n) is 12.4. The predicted octanol–water partition coefficient (Wildman–Crippen LogP) is 4.04. The summed E-state index contributed by atoms with van der Waals surface area (Å²) in [4.78, 5) is 1.95. The molecular formula is C16H23F3N2. The van der Waals surface area contributed by atoms with Crippen LogP contribution in [0.2, 0.25) is 0 Å². The first-order valence-corrected chi connectivity index (χ1v) is 7.51. The molecule has 1 heterocycles. The second kappa shape index (κ2) is 6.69. The summed E-state index contributed by atoms with van der Waals surface area (Å²) in [6.07, 6.45) is -2.27. The van der Waals surface area contributed by atoms with Gasteiger partial charge in [0.25, 0.3) is 0 Å².